The van der Waals surface area contributed by atoms with Crippen LogP contribution in [-0.2, 0) is 24.7 Å². The lowest BCUT2D eigenvalue weighted by Gasteiger charge is -2.45. The molecule has 0 heterocycles. The number of hydrogen-bond acceptors (Lipinski definition) is 0. The van der Waals surface area contributed by atoms with Crippen LogP contribution < -0.4 is 21.9 Å². The van der Waals surface area contributed by atoms with Crippen molar-refractivity contribution in [3.05, 3.63) is 303 Å². The van der Waals surface area contributed by atoms with E-state index < -0.39 is 379 Å². The van der Waals surface area contributed by atoms with Crippen molar-refractivity contribution in [2.75, 3.05) is 0 Å². The fraction of sp³-hybridized carbons (Fsp3) is 0.100. The zero-order valence-corrected chi connectivity index (χ0v) is 60.1. The molecule has 0 N–H and O–H groups in total. The van der Waals surface area contributed by atoms with E-state index in [1.165, 1.54) is 0 Å². The molecule has 0 bridgehead atoms. The molecule has 0 atom stereocenters. The van der Waals surface area contributed by atoms with E-state index in [4.69, 9.17) is 0 Å². The number of halogens is 44. The highest BCUT2D eigenvalue weighted by atomic mass is 19.4. The molecule has 0 aromatic heterocycles. The lowest BCUT2D eigenvalue weighted by atomic mass is 9.12. The van der Waals surface area contributed by atoms with E-state index in [1.807, 2.05) is 0 Å². The molecule has 12 aromatic carbocycles. The first-order valence-electron chi connectivity index (χ1n) is 33.4. The Labute approximate surface area is 664 Å². The zero-order valence-electron chi connectivity index (χ0n) is 60.1. The van der Waals surface area contributed by atoms with Crippen LogP contribution in [0.1, 0.15) is 44.5 Å². The molecule has 656 valence electrons. The summed E-state index contributed by atoms with van der Waals surface area (Å²) in [7, 11) is 0. The summed E-state index contributed by atoms with van der Waals surface area (Å²) >= 11 is 0. The van der Waals surface area contributed by atoms with Crippen molar-refractivity contribution in [2.45, 2.75) is 52.4 Å². The average molecular weight is 1830 g/mol. The summed E-state index contributed by atoms with van der Waals surface area (Å²) in [5.41, 5.74) is -75.5. The van der Waals surface area contributed by atoms with Crippen molar-refractivity contribution in [2.24, 2.45) is 0 Å². The van der Waals surface area contributed by atoms with Crippen LogP contribution in [0.4, 0.5) is 193 Å². The Hall–Kier alpha value is -12.4. The number of rotatable bonds is 12. The molecule has 125 heavy (non-hydrogen) atoms. The minimum absolute atomic E-state index is 0.105. The first-order chi connectivity index (χ1) is 57.6. The lowest BCUT2D eigenvalue weighted by molar-refractivity contribution is -0.143. The van der Waals surface area contributed by atoms with Gasteiger partial charge in [0.15, 0.2) is 140 Å². The summed E-state index contributed by atoms with van der Waals surface area (Å²) in [5, 5.41) is 0. The molecule has 0 aliphatic rings. The Morgan fingerprint density at radius 2 is 0.264 bits per heavy atom. The van der Waals surface area contributed by atoms with E-state index in [0.717, 1.165) is 19.9 Å². The summed E-state index contributed by atoms with van der Waals surface area (Å²) < 4.78 is 723. The zero-order chi connectivity index (χ0) is 93.6. The third kappa shape index (κ3) is 14.2. The minimum atomic E-state index is -8.92. The van der Waals surface area contributed by atoms with Gasteiger partial charge in [-0.15, -0.1) is 21.9 Å². The van der Waals surface area contributed by atoms with Crippen LogP contribution in [0.5, 0.6) is 0 Å². The van der Waals surface area contributed by atoms with Crippen molar-refractivity contribution in [3.63, 3.8) is 0 Å². The van der Waals surface area contributed by atoms with Crippen molar-refractivity contribution < 1.29 is 193 Å². The average Bonchev–Trinajstić information content (AvgIpc) is 0.671. The van der Waals surface area contributed by atoms with E-state index in [0.29, 0.717) is 26.0 Å². The molecule has 0 unspecified atom stereocenters. The smallest absolute Gasteiger partial charge is 0.207 e. The minimum Gasteiger partial charge on any atom is -0.207 e. The van der Waals surface area contributed by atoms with Crippen LogP contribution in [0.3, 0.4) is 0 Å². The molecule has 0 fully saturated rings. The summed E-state index contributed by atoms with van der Waals surface area (Å²) in [4.78, 5) is 0. The highest BCUT2D eigenvalue weighted by Crippen LogP contribution is 2.50. The second kappa shape index (κ2) is 31.1. The molecular weight excluding hydrogens is 1810 g/mol. The molecule has 0 radical (unpaired) electrons. The van der Waals surface area contributed by atoms with Gasteiger partial charge in [0.25, 0.3) is 0 Å². The van der Waals surface area contributed by atoms with Crippen LogP contribution in [0.2, 0.25) is 0 Å². The van der Waals surface area contributed by atoms with Gasteiger partial charge in [0, 0.05) is 0 Å². The predicted molar refractivity (Wildman–Crippen MR) is 351 cm³/mol. The third-order valence-corrected chi connectivity index (χ3v) is 19.7. The number of alkyl halides is 12. The SMILES string of the molecule is Cc1cc(C)cc(-c2c(F)c(F)c(-c3c(F)c(F)c([B-](c4c(F)c(F)c(-c5c(F)c(F)c(-c6cc(C)cc(C(F)(F)F)c6)c(F)c5F)c(F)c4F)(c4c(F)c(F)c(-c5c(F)c(F)c(-c6cc(C)cc(C(F)(F)F)c6)c(F)c5F)c(F)c4F)c4c(F)c(F)c(-c5c(F)c(F)c(-c6cc(C(F)(F)F)cc(C(F)(F)F)c6)c(F)c5F)c(F)c4F)c(F)c3F)c(F)c2F)c1. The van der Waals surface area contributed by atoms with Gasteiger partial charge in [-0.2, -0.15) is 52.7 Å². The largest absolute Gasteiger partial charge is 0.416 e. The maximum atomic E-state index is 18.5. The maximum absolute atomic E-state index is 18.5. The van der Waals surface area contributed by atoms with Crippen molar-refractivity contribution in [1.82, 2.24) is 0 Å². The maximum Gasteiger partial charge on any atom is 0.416 e. The first-order valence-corrected chi connectivity index (χ1v) is 33.4. The van der Waals surface area contributed by atoms with Crippen molar-refractivity contribution in [3.8, 4) is 89.0 Å². The first kappa shape index (κ1) is 91.8. The standard InChI is InChI=1S/C80H24BF44/c1-17-5-18(2)7-21(6-17)29-45(82)53(90)33(54(91)46(29)83)37-61(98)69(106)41(70(107)62(37)99)81(42-71(108)63(100)38(64(101)72(42)109)34-55(92)47(84)30(48(85)56(34)93)22-8-19(3)10-25(12-22)77(114,115)116,43-73(110)65(102)39(66(103)74(43)111)35-57(94)49(86)31(50(87)58(35)95)23-9-20(4)11-26(13-23)78(117,118)119)44-75(112)67(104)40(68(105)76(44)113)36-59(96)51(88)32(52(89)60(36)97)24-14-27(79(120,121)122)16-28(15-24)80(123,124)125/h5-16H,1-4H3/q-1. The Morgan fingerprint density at radius 1 is 0.144 bits per heavy atom. The molecule has 0 saturated heterocycles. The molecule has 0 spiro atoms. The summed E-state index contributed by atoms with van der Waals surface area (Å²) in [6.07, 6.45) is -32.4. The Balaban J connectivity index is 1.32. The quantitative estimate of drug-likeness (QED) is 0.0650. The number of aryl methyl sites for hydroxylation is 4. The third-order valence-electron chi connectivity index (χ3n) is 19.7. The Kier molecular flexibility index (Phi) is 22.8. The van der Waals surface area contributed by atoms with E-state index in [9.17, 15) is 52.7 Å². The summed E-state index contributed by atoms with van der Waals surface area (Å²) in [6, 6.07) is -0.0997. The topological polar surface area (TPSA) is 0 Å². The second-order valence-electron chi connectivity index (χ2n) is 27.4. The monoisotopic (exact) mass is 1830 g/mol. The molecular formula is C80H24BF44-. The van der Waals surface area contributed by atoms with Gasteiger partial charge in [-0.25, -0.2) is 140 Å². The van der Waals surface area contributed by atoms with E-state index in [2.05, 4.69) is 0 Å². The van der Waals surface area contributed by atoms with Gasteiger partial charge in [-0.1, -0.05) is 41.5 Å². The van der Waals surface area contributed by atoms with Gasteiger partial charge in [-0.05, 0) is 104 Å². The van der Waals surface area contributed by atoms with Gasteiger partial charge >= 0.3 is 24.7 Å². The molecule has 12 rings (SSSR count). The fourth-order valence-corrected chi connectivity index (χ4v) is 14.7. The second-order valence-corrected chi connectivity index (χ2v) is 27.4. The molecule has 0 amide bonds. The van der Waals surface area contributed by atoms with Crippen molar-refractivity contribution >= 4 is 28.0 Å². The van der Waals surface area contributed by atoms with Crippen molar-refractivity contribution in [1.29, 1.82) is 0 Å². The van der Waals surface area contributed by atoms with Gasteiger partial charge in [-0.3, -0.25) is 0 Å². The van der Waals surface area contributed by atoms with Crippen LogP contribution in [0, 0.1) is 214 Å². The number of hydrogen-bond donors (Lipinski definition) is 0. The molecule has 45 heteroatoms. The lowest BCUT2D eigenvalue weighted by Crippen LogP contribution is -2.81. The van der Waals surface area contributed by atoms with Crippen LogP contribution in [0.25, 0.3) is 89.0 Å². The molecule has 0 aliphatic heterocycles. The van der Waals surface area contributed by atoms with E-state index in [1.54, 1.807) is 0 Å². The Morgan fingerprint density at radius 3 is 0.424 bits per heavy atom. The van der Waals surface area contributed by atoms with Crippen LogP contribution in [-0.4, -0.2) is 6.15 Å². The molecule has 0 nitrogen and oxygen atoms in total. The van der Waals surface area contributed by atoms with Gasteiger partial charge in [0.1, 0.15) is 52.7 Å². The van der Waals surface area contributed by atoms with Gasteiger partial charge in [0.05, 0.1) is 89.0 Å². The Bertz CT molecular complexity index is 6230. The summed E-state index contributed by atoms with van der Waals surface area (Å²) in [5.74, 6) is -129. The fourth-order valence-electron chi connectivity index (χ4n) is 14.7. The highest BCUT2D eigenvalue weighted by Gasteiger charge is 2.55. The summed E-state index contributed by atoms with van der Waals surface area (Å²) in [6.45, 7) is 3.48. The van der Waals surface area contributed by atoms with E-state index >= 15 is 140 Å². The normalized spacial score (nSPS) is 12.5. The van der Waals surface area contributed by atoms with E-state index in [-0.39, 0.29) is 47.5 Å². The molecule has 0 aliphatic carbocycles. The van der Waals surface area contributed by atoms with Gasteiger partial charge < -0.3 is 0 Å². The highest BCUT2D eigenvalue weighted by molar-refractivity contribution is 7.20. The molecule has 12 aromatic rings. The van der Waals surface area contributed by atoms with Crippen LogP contribution in [0.15, 0.2) is 72.8 Å². The van der Waals surface area contributed by atoms with Gasteiger partial charge in [0.2, 0.25) is 0 Å². The molecule has 0 saturated carbocycles. The predicted octanol–water partition coefficient (Wildman–Crippen LogP) is 26.2. The van der Waals surface area contributed by atoms with Crippen LogP contribution >= 0.6 is 0 Å². The number of benzene rings is 12.